The van der Waals surface area contributed by atoms with Crippen LogP contribution in [0.2, 0.25) is 0 Å². The second-order valence-corrected chi connectivity index (χ2v) is 5.15. The first-order valence-electron chi connectivity index (χ1n) is 6.92. The Morgan fingerprint density at radius 2 is 2.00 bits per heavy atom. The second kappa shape index (κ2) is 6.76. The van der Waals surface area contributed by atoms with Crippen molar-refractivity contribution in [2.75, 3.05) is 26.2 Å². The Kier molecular flexibility index (Phi) is 5.02. The molecule has 0 atom stereocenters. The van der Waals surface area contributed by atoms with Gasteiger partial charge in [0, 0.05) is 12.6 Å². The average molecular weight is 248 g/mol. The molecule has 1 aromatic rings. The zero-order valence-corrected chi connectivity index (χ0v) is 11.3. The van der Waals surface area contributed by atoms with E-state index in [1.807, 2.05) is 18.2 Å². The summed E-state index contributed by atoms with van der Waals surface area (Å²) >= 11 is 0. The van der Waals surface area contributed by atoms with E-state index in [0.717, 1.165) is 51.3 Å². The van der Waals surface area contributed by atoms with Crippen molar-refractivity contribution >= 4 is 0 Å². The van der Waals surface area contributed by atoms with E-state index in [4.69, 9.17) is 10.5 Å². The summed E-state index contributed by atoms with van der Waals surface area (Å²) < 4.78 is 5.80. The summed E-state index contributed by atoms with van der Waals surface area (Å²) in [6, 6.07) is 8.61. The van der Waals surface area contributed by atoms with Gasteiger partial charge in [0.25, 0.3) is 0 Å². The highest BCUT2D eigenvalue weighted by molar-refractivity contribution is 5.31. The second-order valence-electron chi connectivity index (χ2n) is 5.15. The minimum atomic E-state index is 0.421. The summed E-state index contributed by atoms with van der Waals surface area (Å²) in [7, 11) is 0. The quantitative estimate of drug-likeness (QED) is 0.812. The van der Waals surface area contributed by atoms with Crippen LogP contribution in [0.15, 0.2) is 24.3 Å². The van der Waals surface area contributed by atoms with Crippen LogP contribution in [-0.2, 0) is 0 Å². The summed E-state index contributed by atoms with van der Waals surface area (Å²) in [5.41, 5.74) is 7.10. The molecule has 2 N–H and O–H groups in total. The molecule has 1 fully saturated rings. The minimum Gasteiger partial charge on any atom is -0.493 e. The lowest BCUT2D eigenvalue weighted by Crippen LogP contribution is -2.40. The number of ether oxygens (including phenoxy) is 1. The zero-order valence-electron chi connectivity index (χ0n) is 11.3. The van der Waals surface area contributed by atoms with E-state index in [-0.39, 0.29) is 0 Å². The molecule has 1 saturated heterocycles. The monoisotopic (exact) mass is 248 g/mol. The molecule has 1 heterocycles. The number of nitrogens with zero attached hydrogens (tertiary/aromatic N) is 1. The number of hydrogen-bond donors (Lipinski definition) is 1. The third kappa shape index (κ3) is 4.00. The number of piperidine rings is 1. The molecule has 100 valence electrons. The maximum absolute atomic E-state index is 5.89. The van der Waals surface area contributed by atoms with Crippen molar-refractivity contribution in [3.8, 4) is 5.75 Å². The van der Waals surface area contributed by atoms with Crippen molar-refractivity contribution in [3.05, 3.63) is 29.8 Å². The molecule has 18 heavy (non-hydrogen) atoms. The highest BCUT2D eigenvalue weighted by atomic mass is 16.5. The van der Waals surface area contributed by atoms with Gasteiger partial charge < -0.3 is 15.4 Å². The van der Waals surface area contributed by atoms with Crippen LogP contribution in [0.3, 0.4) is 0 Å². The van der Waals surface area contributed by atoms with Gasteiger partial charge in [-0.05, 0) is 50.9 Å². The van der Waals surface area contributed by atoms with E-state index in [9.17, 15) is 0 Å². The Bertz CT molecular complexity index is 359. The molecular formula is C15H24N2O. The molecule has 1 aliphatic rings. The van der Waals surface area contributed by atoms with Crippen LogP contribution < -0.4 is 10.5 Å². The van der Waals surface area contributed by atoms with Crippen molar-refractivity contribution < 1.29 is 4.74 Å². The predicted molar refractivity (Wildman–Crippen MR) is 74.9 cm³/mol. The van der Waals surface area contributed by atoms with E-state index < -0.39 is 0 Å². The predicted octanol–water partition coefficient (Wildman–Crippen LogP) is 2.19. The van der Waals surface area contributed by atoms with E-state index in [1.54, 1.807) is 0 Å². The van der Waals surface area contributed by atoms with Crippen LogP contribution in [0.5, 0.6) is 5.75 Å². The molecule has 0 bridgehead atoms. The number of aryl methyl sites for hydroxylation is 1. The van der Waals surface area contributed by atoms with E-state index >= 15 is 0 Å². The van der Waals surface area contributed by atoms with Gasteiger partial charge in [-0.1, -0.05) is 18.2 Å². The molecule has 0 amide bonds. The molecule has 1 aromatic carbocycles. The maximum Gasteiger partial charge on any atom is 0.122 e. The topological polar surface area (TPSA) is 38.5 Å². The Morgan fingerprint density at radius 3 is 2.72 bits per heavy atom. The SMILES string of the molecule is Cc1ccccc1OCCCN1CCC(N)CC1. The first-order valence-corrected chi connectivity index (χ1v) is 6.92. The molecular weight excluding hydrogens is 224 g/mol. The third-order valence-corrected chi connectivity index (χ3v) is 3.60. The molecule has 3 nitrogen and oxygen atoms in total. The highest BCUT2D eigenvalue weighted by Crippen LogP contribution is 2.16. The van der Waals surface area contributed by atoms with Gasteiger partial charge in [-0.2, -0.15) is 0 Å². The van der Waals surface area contributed by atoms with Crippen LogP contribution in [-0.4, -0.2) is 37.2 Å². The average Bonchev–Trinajstić information content (AvgIpc) is 2.39. The summed E-state index contributed by atoms with van der Waals surface area (Å²) in [4.78, 5) is 2.49. The normalized spacial score (nSPS) is 17.9. The van der Waals surface area contributed by atoms with E-state index in [2.05, 4.69) is 17.9 Å². The molecule has 0 spiro atoms. The molecule has 0 saturated carbocycles. The molecule has 0 aliphatic carbocycles. The zero-order chi connectivity index (χ0) is 12.8. The summed E-state index contributed by atoms with van der Waals surface area (Å²) in [5, 5.41) is 0. The largest absolute Gasteiger partial charge is 0.493 e. The number of para-hydroxylation sites is 1. The molecule has 1 aliphatic heterocycles. The minimum absolute atomic E-state index is 0.421. The molecule has 0 radical (unpaired) electrons. The fourth-order valence-corrected chi connectivity index (χ4v) is 2.37. The Hall–Kier alpha value is -1.06. The smallest absolute Gasteiger partial charge is 0.122 e. The number of benzene rings is 1. The Morgan fingerprint density at radius 1 is 1.28 bits per heavy atom. The number of hydrogen-bond acceptors (Lipinski definition) is 3. The van der Waals surface area contributed by atoms with Gasteiger partial charge in [0.15, 0.2) is 0 Å². The Labute approximate surface area is 110 Å². The Balaban J connectivity index is 1.63. The number of rotatable bonds is 5. The standard InChI is InChI=1S/C15H24N2O/c1-13-5-2-3-6-15(13)18-12-4-9-17-10-7-14(16)8-11-17/h2-3,5-6,14H,4,7-12,16H2,1H3. The van der Waals surface area contributed by atoms with Gasteiger partial charge in [-0.15, -0.1) is 0 Å². The number of nitrogens with two attached hydrogens (primary N) is 1. The van der Waals surface area contributed by atoms with Gasteiger partial charge in [0.1, 0.15) is 5.75 Å². The highest BCUT2D eigenvalue weighted by Gasteiger charge is 2.15. The summed E-state index contributed by atoms with van der Waals surface area (Å²) in [5.74, 6) is 1.01. The lowest BCUT2D eigenvalue weighted by Gasteiger charge is -2.29. The van der Waals surface area contributed by atoms with Crippen molar-refractivity contribution in [1.29, 1.82) is 0 Å². The third-order valence-electron chi connectivity index (χ3n) is 3.60. The van der Waals surface area contributed by atoms with Crippen molar-refractivity contribution in [2.24, 2.45) is 5.73 Å². The molecule has 0 unspecified atom stereocenters. The van der Waals surface area contributed by atoms with Crippen LogP contribution >= 0.6 is 0 Å². The van der Waals surface area contributed by atoms with Gasteiger partial charge in [0.05, 0.1) is 6.61 Å². The first-order chi connectivity index (χ1) is 8.75. The van der Waals surface area contributed by atoms with Crippen LogP contribution in [0.4, 0.5) is 0 Å². The summed E-state index contributed by atoms with van der Waals surface area (Å²) in [6.07, 6.45) is 3.36. The number of likely N-dealkylation sites (tertiary alicyclic amines) is 1. The summed E-state index contributed by atoms with van der Waals surface area (Å²) in [6.45, 7) is 6.30. The van der Waals surface area contributed by atoms with Crippen LogP contribution in [0.1, 0.15) is 24.8 Å². The molecule has 3 heteroatoms. The fourth-order valence-electron chi connectivity index (χ4n) is 2.37. The van der Waals surface area contributed by atoms with Crippen molar-refractivity contribution in [1.82, 2.24) is 4.90 Å². The first kappa shape index (κ1) is 13.4. The fraction of sp³-hybridized carbons (Fsp3) is 0.600. The lowest BCUT2D eigenvalue weighted by molar-refractivity contribution is 0.193. The maximum atomic E-state index is 5.89. The van der Waals surface area contributed by atoms with Crippen LogP contribution in [0.25, 0.3) is 0 Å². The van der Waals surface area contributed by atoms with Crippen molar-refractivity contribution in [2.45, 2.75) is 32.2 Å². The van der Waals surface area contributed by atoms with Gasteiger partial charge in [0.2, 0.25) is 0 Å². The van der Waals surface area contributed by atoms with Crippen LogP contribution in [0, 0.1) is 6.92 Å². The van der Waals surface area contributed by atoms with Gasteiger partial charge >= 0.3 is 0 Å². The lowest BCUT2D eigenvalue weighted by atomic mass is 10.1. The van der Waals surface area contributed by atoms with Gasteiger partial charge in [-0.25, -0.2) is 0 Å². The molecule has 2 rings (SSSR count). The van der Waals surface area contributed by atoms with E-state index in [1.165, 1.54) is 5.56 Å². The van der Waals surface area contributed by atoms with Gasteiger partial charge in [-0.3, -0.25) is 0 Å². The molecule has 0 aromatic heterocycles. The van der Waals surface area contributed by atoms with E-state index in [0.29, 0.717) is 6.04 Å². The van der Waals surface area contributed by atoms with Crippen molar-refractivity contribution in [3.63, 3.8) is 0 Å².